The minimum absolute atomic E-state index is 0.709. The quantitative estimate of drug-likeness (QED) is 0.533. The lowest BCUT2D eigenvalue weighted by atomic mass is 10.2. The van der Waals surface area contributed by atoms with E-state index in [4.69, 9.17) is 4.42 Å². The maximum absolute atomic E-state index is 6.07. The topological polar surface area (TPSA) is 34.2 Å². The van der Waals surface area contributed by atoms with Crippen LogP contribution in [0.15, 0.2) is 59.3 Å². The van der Waals surface area contributed by atoms with Gasteiger partial charge < -0.3 is 9.32 Å². The Hall–Kier alpha value is -2.59. The molecule has 2 aromatic heterocycles. The third-order valence-electron chi connectivity index (χ3n) is 5.62. The molecule has 4 nitrogen and oxygen atoms in total. The molecule has 4 heteroatoms. The monoisotopic (exact) mass is 345 g/mol. The summed E-state index contributed by atoms with van der Waals surface area (Å²) in [6.07, 6.45) is 5.51. The summed E-state index contributed by atoms with van der Waals surface area (Å²) in [7, 11) is 0. The first-order valence-electron chi connectivity index (χ1n) is 9.47. The van der Waals surface area contributed by atoms with Gasteiger partial charge in [0.05, 0.1) is 11.0 Å². The molecule has 0 unspecified atom stereocenters. The van der Waals surface area contributed by atoms with Crippen LogP contribution in [0.4, 0.5) is 0 Å². The van der Waals surface area contributed by atoms with Gasteiger partial charge in [-0.25, -0.2) is 4.98 Å². The van der Waals surface area contributed by atoms with Crippen LogP contribution in [0.1, 0.15) is 25.5 Å². The number of aromatic nitrogens is 2. The Kier molecular flexibility index (Phi) is 3.79. The fourth-order valence-electron chi connectivity index (χ4n) is 4.10. The van der Waals surface area contributed by atoms with E-state index in [1.54, 1.807) is 0 Å². The molecule has 132 valence electrons. The predicted molar refractivity (Wildman–Crippen MR) is 105 cm³/mol. The fraction of sp³-hybridized carbons (Fsp3) is 0.318. The first-order valence-corrected chi connectivity index (χ1v) is 9.47. The lowest BCUT2D eigenvalue weighted by Gasteiger charge is -2.19. The number of imidazole rings is 1. The number of para-hydroxylation sites is 2. The van der Waals surface area contributed by atoms with Crippen molar-refractivity contribution in [1.82, 2.24) is 14.5 Å². The van der Waals surface area contributed by atoms with Crippen molar-refractivity contribution in [2.45, 2.75) is 32.2 Å². The molecule has 0 amide bonds. The van der Waals surface area contributed by atoms with Crippen molar-refractivity contribution in [3.63, 3.8) is 0 Å². The first-order chi connectivity index (χ1) is 12.8. The van der Waals surface area contributed by atoms with Crippen molar-refractivity contribution in [3.05, 3.63) is 60.6 Å². The zero-order chi connectivity index (χ0) is 17.5. The van der Waals surface area contributed by atoms with E-state index in [-0.39, 0.29) is 0 Å². The molecule has 1 saturated heterocycles. The highest BCUT2D eigenvalue weighted by molar-refractivity contribution is 5.82. The van der Waals surface area contributed by atoms with Gasteiger partial charge in [-0.3, -0.25) is 4.57 Å². The Labute approximate surface area is 153 Å². The highest BCUT2D eigenvalue weighted by Crippen LogP contribution is 2.26. The molecule has 1 aliphatic rings. The maximum atomic E-state index is 6.07. The Morgan fingerprint density at radius 1 is 1.15 bits per heavy atom. The number of nitrogens with zero attached hydrogens (tertiary/aromatic N) is 3. The number of likely N-dealkylation sites (tertiary alicyclic amines) is 1. The summed E-state index contributed by atoms with van der Waals surface area (Å²) >= 11 is 0. The van der Waals surface area contributed by atoms with Crippen molar-refractivity contribution in [1.29, 1.82) is 0 Å². The SMILES string of the molecule is C[C@@H]1CCCN1CCc1cc2cc(-n3cnc4ccccc43)ccc2o1. The largest absolute Gasteiger partial charge is 0.461 e. The van der Waals surface area contributed by atoms with Crippen LogP contribution in [0.3, 0.4) is 0 Å². The molecule has 1 aliphatic heterocycles. The molecule has 1 fully saturated rings. The number of benzene rings is 2. The van der Waals surface area contributed by atoms with Crippen LogP contribution in [0.5, 0.6) is 0 Å². The van der Waals surface area contributed by atoms with E-state index in [1.807, 2.05) is 24.5 Å². The van der Waals surface area contributed by atoms with Gasteiger partial charge in [-0.2, -0.15) is 0 Å². The minimum Gasteiger partial charge on any atom is -0.461 e. The molecule has 0 bridgehead atoms. The molecule has 0 saturated carbocycles. The average molecular weight is 345 g/mol. The van der Waals surface area contributed by atoms with Gasteiger partial charge in [0.1, 0.15) is 17.7 Å². The molecule has 1 atom stereocenters. The molecule has 26 heavy (non-hydrogen) atoms. The standard InChI is InChI=1S/C22H23N3O/c1-16-5-4-11-24(16)12-10-19-14-17-13-18(8-9-22(17)26-19)25-15-23-20-6-2-3-7-21(20)25/h2-3,6-9,13-16H,4-5,10-12H2,1H3/t16-/m1/s1. The van der Waals surface area contributed by atoms with E-state index >= 15 is 0 Å². The van der Waals surface area contributed by atoms with Gasteiger partial charge in [-0.05, 0) is 62.7 Å². The summed E-state index contributed by atoms with van der Waals surface area (Å²) in [5.74, 6) is 1.08. The fourth-order valence-corrected chi connectivity index (χ4v) is 4.10. The molecular formula is C22H23N3O. The predicted octanol–water partition coefficient (Wildman–Crippen LogP) is 4.80. The number of rotatable bonds is 4. The van der Waals surface area contributed by atoms with Crippen molar-refractivity contribution in [2.75, 3.05) is 13.1 Å². The number of hydrogen-bond donors (Lipinski definition) is 0. The van der Waals surface area contributed by atoms with Gasteiger partial charge in [-0.1, -0.05) is 12.1 Å². The zero-order valence-electron chi connectivity index (χ0n) is 15.1. The van der Waals surface area contributed by atoms with Crippen molar-refractivity contribution in [2.24, 2.45) is 0 Å². The molecular weight excluding hydrogens is 322 g/mol. The zero-order valence-corrected chi connectivity index (χ0v) is 15.1. The molecule has 0 aliphatic carbocycles. The second kappa shape index (κ2) is 6.29. The van der Waals surface area contributed by atoms with E-state index in [1.165, 1.54) is 19.4 Å². The Morgan fingerprint density at radius 3 is 2.96 bits per heavy atom. The van der Waals surface area contributed by atoms with Crippen LogP contribution in [-0.4, -0.2) is 33.6 Å². The smallest absolute Gasteiger partial charge is 0.134 e. The van der Waals surface area contributed by atoms with Gasteiger partial charge in [0, 0.05) is 30.1 Å². The van der Waals surface area contributed by atoms with Crippen LogP contribution >= 0.6 is 0 Å². The summed E-state index contributed by atoms with van der Waals surface area (Å²) in [5.41, 5.74) is 4.22. The summed E-state index contributed by atoms with van der Waals surface area (Å²) < 4.78 is 8.20. The Morgan fingerprint density at radius 2 is 2.08 bits per heavy atom. The van der Waals surface area contributed by atoms with E-state index in [9.17, 15) is 0 Å². The van der Waals surface area contributed by atoms with Crippen LogP contribution in [0, 0.1) is 0 Å². The molecule has 0 radical (unpaired) electrons. The van der Waals surface area contributed by atoms with Gasteiger partial charge in [0.2, 0.25) is 0 Å². The van der Waals surface area contributed by atoms with Gasteiger partial charge in [-0.15, -0.1) is 0 Å². The number of hydrogen-bond acceptors (Lipinski definition) is 3. The highest BCUT2D eigenvalue weighted by Gasteiger charge is 2.20. The van der Waals surface area contributed by atoms with Crippen LogP contribution in [0.2, 0.25) is 0 Å². The average Bonchev–Trinajstić information content (AvgIpc) is 3.36. The number of fused-ring (bicyclic) bond motifs is 2. The molecule has 3 heterocycles. The third kappa shape index (κ3) is 2.71. The van der Waals surface area contributed by atoms with E-state index in [2.05, 4.69) is 51.7 Å². The highest BCUT2D eigenvalue weighted by atomic mass is 16.3. The minimum atomic E-state index is 0.709. The molecule has 0 spiro atoms. The molecule has 0 N–H and O–H groups in total. The Bertz CT molecular complexity index is 1060. The van der Waals surface area contributed by atoms with Crippen molar-refractivity contribution in [3.8, 4) is 5.69 Å². The second-order valence-corrected chi connectivity index (χ2v) is 7.32. The van der Waals surface area contributed by atoms with Gasteiger partial charge >= 0.3 is 0 Å². The molecule has 2 aromatic carbocycles. The molecule has 4 aromatic rings. The summed E-state index contributed by atoms with van der Waals surface area (Å²) in [5, 5.41) is 1.16. The second-order valence-electron chi connectivity index (χ2n) is 7.32. The van der Waals surface area contributed by atoms with E-state index in [0.29, 0.717) is 6.04 Å². The van der Waals surface area contributed by atoms with Crippen LogP contribution < -0.4 is 0 Å². The lowest BCUT2D eigenvalue weighted by Crippen LogP contribution is -2.28. The van der Waals surface area contributed by atoms with E-state index < -0.39 is 0 Å². The van der Waals surface area contributed by atoms with Crippen LogP contribution in [-0.2, 0) is 6.42 Å². The Balaban J connectivity index is 1.43. The van der Waals surface area contributed by atoms with Crippen molar-refractivity contribution < 1.29 is 4.42 Å². The summed E-state index contributed by atoms with van der Waals surface area (Å²) in [6.45, 7) is 4.63. The van der Waals surface area contributed by atoms with Crippen LogP contribution in [0.25, 0.3) is 27.7 Å². The first kappa shape index (κ1) is 15.6. The summed E-state index contributed by atoms with van der Waals surface area (Å²) in [4.78, 5) is 7.06. The van der Waals surface area contributed by atoms with E-state index in [0.717, 1.165) is 46.4 Å². The molecule has 5 rings (SSSR count). The van der Waals surface area contributed by atoms with Gasteiger partial charge in [0.15, 0.2) is 0 Å². The number of furan rings is 1. The maximum Gasteiger partial charge on any atom is 0.134 e. The third-order valence-corrected chi connectivity index (χ3v) is 5.62. The normalized spacial score (nSPS) is 18.3. The van der Waals surface area contributed by atoms with Crippen molar-refractivity contribution >= 4 is 22.0 Å². The lowest BCUT2D eigenvalue weighted by molar-refractivity contribution is 0.266. The van der Waals surface area contributed by atoms with Gasteiger partial charge in [0.25, 0.3) is 0 Å². The summed E-state index contributed by atoms with van der Waals surface area (Å²) in [6, 6.07) is 17.5.